The van der Waals surface area contributed by atoms with Crippen molar-refractivity contribution in [1.29, 1.82) is 0 Å². The summed E-state index contributed by atoms with van der Waals surface area (Å²) in [6.45, 7) is 1.42. The normalized spacial score (nSPS) is 21.1. The van der Waals surface area contributed by atoms with E-state index in [4.69, 9.17) is 11.6 Å². The van der Waals surface area contributed by atoms with E-state index in [0.29, 0.717) is 11.6 Å². The van der Waals surface area contributed by atoms with Gasteiger partial charge in [-0.05, 0) is 37.1 Å². The van der Waals surface area contributed by atoms with E-state index in [2.05, 4.69) is 15.9 Å². The lowest BCUT2D eigenvalue weighted by Gasteiger charge is -2.27. The Labute approximate surface area is 126 Å². The molecular formula is C14H17BrClNO2. The third-order valence-electron chi connectivity index (χ3n) is 3.54. The summed E-state index contributed by atoms with van der Waals surface area (Å²) in [5.74, 6) is -0.727. The summed E-state index contributed by atoms with van der Waals surface area (Å²) in [7, 11) is 0. The summed E-state index contributed by atoms with van der Waals surface area (Å²) in [4.78, 5) is 13.4. The molecule has 1 saturated heterocycles. The number of rotatable bonds is 3. The summed E-state index contributed by atoms with van der Waals surface area (Å²) in [5, 5.41) is 10.0. The predicted molar refractivity (Wildman–Crippen MR) is 79.5 cm³/mol. The molecule has 0 saturated carbocycles. The third kappa shape index (κ3) is 3.94. The van der Waals surface area contributed by atoms with Gasteiger partial charge in [-0.15, -0.1) is 0 Å². The summed E-state index contributed by atoms with van der Waals surface area (Å²) >= 11 is 9.59. The number of halogens is 2. The van der Waals surface area contributed by atoms with E-state index in [9.17, 15) is 9.90 Å². The molecule has 1 fully saturated rings. The highest BCUT2D eigenvalue weighted by atomic mass is 79.9. The second-order valence-corrected chi connectivity index (χ2v) is 6.23. The molecule has 1 unspecified atom stereocenters. The molecule has 0 bridgehead atoms. The van der Waals surface area contributed by atoms with Crippen molar-refractivity contribution in [1.82, 2.24) is 4.90 Å². The Morgan fingerprint density at radius 3 is 2.89 bits per heavy atom. The number of hydrogen-bond acceptors (Lipinski definition) is 2. The van der Waals surface area contributed by atoms with Crippen molar-refractivity contribution in [2.24, 2.45) is 0 Å². The fourth-order valence-corrected chi connectivity index (χ4v) is 3.24. The van der Waals surface area contributed by atoms with Crippen LogP contribution >= 0.6 is 27.5 Å². The van der Waals surface area contributed by atoms with Crippen molar-refractivity contribution < 1.29 is 9.90 Å². The molecule has 19 heavy (non-hydrogen) atoms. The SMILES string of the molecule is O=C(O)C1CCCCCN1Cc1ccc(Br)cc1Cl. The fraction of sp³-hybridized carbons (Fsp3) is 0.500. The Kier molecular flexibility index (Phi) is 5.25. The molecule has 1 aliphatic heterocycles. The molecule has 2 rings (SSSR count). The van der Waals surface area contributed by atoms with Crippen LogP contribution in [0.3, 0.4) is 0 Å². The van der Waals surface area contributed by atoms with Gasteiger partial charge in [0.2, 0.25) is 0 Å². The molecule has 0 aromatic heterocycles. The Bertz CT molecular complexity index is 467. The van der Waals surface area contributed by atoms with Gasteiger partial charge in [-0.1, -0.05) is 46.4 Å². The summed E-state index contributed by atoms with van der Waals surface area (Å²) in [6.07, 6.45) is 3.87. The molecule has 1 aliphatic rings. The lowest BCUT2D eigenvalue weighted by molar-refractivity contribution is -0.143. The number of carbonyl (C=O) groups is 1. The van der Waals surface area contributed by atoms with Crippen LogP contribution in [0.4, 0.5) is 0 Å². The van der Waals surface area contributed by atoms with Crippen LogP contribution in [0.5, 0.6) is 0 Å². The van der Waals surface area contributed by atoms with Crippen LogP contribution < -0.4 is 0 Å². The highest BCUT2D eigenvalue weighted by Crippen LogP contribution is 2.25. The predicted octanol–water partition coefficient (Wildman–Crippen LogP) is 3.93. The Morgan fingerprint density at radius 2 is 2.21 bits per heavy atom. The maximum Gasteiger partial charge on any atom is 0.320 e. The van der Waals surface area contributed by atoms with E-state index in [1.54, 1.807) is 0 Å². The first-order valence-corrected chi connectivity index (χ1v) is 7.66. The third-order valence-corrected chi connectivity index (χ3v) is 4.38. The first kappa shape index (κ1) is 14.8. The van der Waals surface area contributed by atoms with Gasteiger partial charge in [-0.25, -0.2) is 0 Å². The Hall–Kier alpha value is -0.580. The zero-order valence-corrected chi connectivity index (χ0v) is 13.0. The zero-order chi connectivity index (χ0) is 13.8. The molecule has 1 atom stereocenters. The van der Waals surface area contributed by atoms with Gasteiger partial charge in [0.1, 0.15) is 6.04 Å². The van der Waals surface area contributed by atoms with E-state index in [-0.39, 0.29) is 6.04 Å². The fourth-order valence-electron chi connectivity index (χ4n) is 2.51. The van der Waals surface area contributed by atoms with Crippen LogP contribution in [-0.2, 0) is 11.3 Å². The number of aliphatic carboxylic acids is 1. The van der Waals surface area contributed by atoms with Crippen molar-refractivity contribution in [3.8, 4) is 0 Å². The standard InChI is InChI=1S/C14H17BrClNO2/c15-11-6-5-10(12(16)8-11)9-17-7-3-1-2-4-13(17)14(18)19/h5-6,8,13H,1-4,7,9H2,(H,18,19). The van der Waals surface area contributed by atoms with E-state index < -0.39 is 5.97 Å². The molecule has 1 heterocycles. The summed E-state index contributed by atoms with van der Waals surface area (Å²) in [5.41, 5.74) is 0.984. The summed E-state index contributed by atoms with van der Waals surface area (Å²) < 4.78 is 0.937. The smallest absolute Gasteiger partial charge is 0.320 e. The average Bonchev–Trinajstić information content (AvgIpc) is 2.58. The molecule has 1 N–H and O–H groups in total. The molecule has 1 aromatic rings. The van der Waals surface area contributed by atoms with Crippen molar-refractivity contribution >= 4 is 33.5 Å². The van der Waals surface area contributed by atoms with Crippen LogP contribution in [0, 0.1) is 0 Å². The second-order valence-electron chi connectivity index (χ2n) is 4.91. The molecule has 104 valence electrons. The van der Waals surface area contributed by atoms with Gasteiger partial charge in [0.25, 0.3) is 0 Å². The lowest BCUT2D eigenvalue weighted by Crippen LogP contribution is -2.40. The van der Waals surface area contributed by atoms with Crippen molar-refractivity contribution in [2.75, 3.05) is 6.54 Å². The van der Waals surface area contributed by atoms with Crippen LogP contribution in [0.25, 0.3) is 0 Å². The highest BCUT2D eigenvalue weighted by Gasteiger charge is 2.27. The minimum atomic E-state index is -0.727. The first-order valence-electron chi connectivity index (χ1n) is 6.48. The minimum absolute atomic E-state index is 0.387. The quantitative estimate of drug-likeness (QED) is 0.901. The number of nitrogens with zero attached hydrogens (tertiary/aromatic N) is 1. The van der Waals surface area contributed by atoms with Gasteiger partial charge < -0.3 is 5.11 Å². The van der Waals surface area contributed by atoms with E-state index in [1.165, 1.54) is 0 Å². The molecule has 0 aliphatic carbocycles. The molecule has 0 radical (unpaired) electrons. The van der Waals surface area contributed by atoms with Crippen molar-refractivity contribution in [2.45, 2.75) is 38.3 Å². The van der Waals surface area contributed by atoms with Crippen LogP contribution in [0.15, 0.2) is 22.7 Å². The number of benzene rings is 1. The van der Waals surface area contributed by atoms with Gasteiger partial charge in [0, 0.05) is 16.0 Å². The monoisotopic (exact) mass is 345 g/mol. The van der Waals surface area contributed by atoms with Gasteiger partial charge in [-0.3, -0.25) is 9.69 Å². The number of carboxylic acids is 1. The maximum absolute atomic E-state index is 11.4. The van der Waals surface area contributed by atoms with E-state index in [1.807, 2.05) is 23.1 Å². The van der Waals surface area contributed by atoms with Crippen molar-refractivity contribution in [3.05, 3.63) is 33.3 Å². The summed E-state index contributed by atoms with van der Waals surface area (Å²) in [6, 6.07) is 5.36. The molecule has 3 nitrogen and oxygen atoms in total. The Balaban J connectivity index is 2.16. The van der Waals surface area contributed by atoms with Gasteiger partial charge in [0.05, 0.1) is 0 Å². The van der Waals surface area contributed by atoms with E-state index in [0.717, 1.165) is 42.3 Å². The maximum atomic E-state index is 11.4. The molecule has 0 amide bonds. The largest absolute Gasteiger partial charge is 0.480 e. The topological polar surface area (TPSA) is 40.5 Å². The first-order chi connectivity index (χ1) is 9.08. The zero-order valence-electron chi connectivity index (χ0n) is 10.6. The molecule has 1 aromatic carbocycles. The molecule has 5 heteroatoms. The highest BCUT2D eigenvalue weighted by molar-refractivity contribution is 9.10. The van der Waals surface area contributed by atoms with Crippen LogP contribution in [0.2, 0.25) is 5.02 Å². The Morgan fingerprint density at radius 1 is 1.42 bits per heavy atom. The average molecular weight is 347 g/mol. The number of likely N-dealkylation sites (tertiary alicyclic amines) is 1. The molecule has 0 spiro atoms. The molecular weight excluding hydrogens is 330 g/mol. The van der Waals surface area contributed by atoms with Gasteiger partial charge in [-0.2, -0.15) is 0 Å². The van der Waals surface area contributed by atoms with Gasteiger partial charge >= 0.3 is 5.97 Å². The number of hydrogen-bond donors (Lipinski definition) is 1. The lowest BCUT2D eigenvalue weighted by atomic mass is 10.1. The van der Waals surface area contributed by atoms with Crippen LogP contribution in [-0.4, -0.2) is 28.6 Å². The second kappa shape index (κ2) is 6.73. The van der Waals surface area contributed by atoms with Crippen LogP contribution in [0.1, 0.15) is 31.2 Å². The van der Waals surface area contributed by atoms with Gasteiger partial charge in [0.15, 0.2) is 0 Å². The minimum Gasteiger partial charge on any atom is -0.480 e. The van der Waals surface area contributed by atoms with Crippen molar-refractivity contribution in [3.63, 3.8) is 0 Å². The number of carboxylic acid groups (broad SMARTS) is 1. The van der Waals surface area contributed by atoms with E-state index >= 15 is 0 Å².